The van der Waals surface area contributed by atoms with E-state index in [0.717, 1.165) is 37.7 Å². The van der Waals surface area contributed by atoms with Crippen molar-refractivity contribution in [1.82, 2.24) is 0 Å². The number of hydrogen-bond donors (Lipinski definition) is 2. The highest BCUT2D eigenvalue weighted by atomic mass is 16.5. The van der Waals surface area contributed by atoms with E-state index in [1.165, 1.54) is 18.2 Å². The molecule has 1 aliphatic rings. The van der Waals surface area contributed by atoms with Crippen LogP contribution < -0.4 is 16.2 Å². The van der Waals surface area contributed by atoms with E-state index in [9.17, 15) is 14.4 Å². The Morgan fingerprint density at radius 2 is 1.57 bits per heavy atom. The van der Waals surface area contributed by atoms with Gasteiger partial charge in [0.25, 0.3) is 0 Å². The molecule has 3 rings (SSSR count). The molecule has 196 valence electrons. The van der Waals surface area contributed by atoms with Crippen molar-refractivity contribution in [3.05, 3.63) is 72.3 Å². The predicted octanol–water partition coefficient (Wildman–Crippen LogP) is 4.94. The van der Waals surface area contributed by atoms with Crippen molar-refractivity contribution in [2.24, 2.45) is 11.8 Å². The summed E-state index contributed by atoms with van der Waals surface area (Å²) in [5.74, 6) is -0.209. The van der Waals surface area contributed by atoms with Gasteiger partial charge >= 0.3 is 17.9 Å². The van der Waals surface area contributed by atoms with Gasteiger partial charge in [0.05, 0.1) is 24.7 Å². The number of carbonyl (C=O) groups excluding carboxylic acids is 3. The summed E-state index contributed by atoms with van der Waals surface area (Å²) in [6.45, 7) is 3.97. The lowest BCUT2D eigenvalue weighted by Crippen LogP contribution is -2.25. The second kappa shape index (κ2) is 13.9. The number of carbonyl (C=O) groups is 3. The highest BCUT2D eigenvalue weighted by Crippen LogP contribution is 2.32. The quantitative estimate of drug-likeness (QED) is 0.109. The second-order valence-electron chi connectivity index (χ2n) is 9.11. The van der Waals surface area contributed by atoms with Gasteiger partial charge in [-0.15, -0.1) is 6.58 Å². The van der Waals surface area contributed by atoms with Crippen LogP contribution >= 0.6 is 0 Å². The number of anilines is 2. The number of ether oxygens (including phenoxy) is 3. The minimum atomic E-state index is -0.546. The summed E-state index contributed by atoms with van der Waals surface area (Å²) in [6, 6.07) is 11.4. The lowest BCUT2D eigenvalue weighted by Gasteiger charge is -2.26. The highest BCUT2D eigenvalue weighted by Gasteiger charge is 2.27. The molecule has 1 fully saturated rings. The number of hydrogen-bond acceptors (Lipinski definition) is 8. The third kappa shape index (κ3) is 9.14. The number of allylic oxidation sites excluding steroid dienone is 1. The smallest absolute Gasteiger partial charge is 0.338 e. The molecule has 0 radical (unpaired) electrons. The summed E-state index contributed by atoms with van der Waals surface area (Å²) >= 11 is 0. The third-order valence-corrected chi connectivity index (χ3v) is 6.17. The first kappa shape index (κ1) is 27.5. The van der Waals surface area contributed by atoms with Crippen LogP contribution in [0.2, 0.25) is 0 Å². The molecule has 0 amide bonds. The first-order valence-corrected chi connectivity index (χ1v) is 12.4. The number of esters is 3. The fraction of sp³-hybridized carbons (Fsp3) is 0.345. The van der Waals surface area contributed by atoms with Gasteiger partial charge < -0.3 is 25.7 Å². The van der Waals surface area contributed by atoms with Crippen LogP contribution in [0, 0.1) is 11.8 Å². The summed E-state index contributed by atoms with van der Waals surface area (Å²) < 4.78 is 15.8. The Morgan fingerprint density at radius 3 is 2.22 bits per heavy atom. The monoisotopic (exact) mass is 506 g/mol. The summed E-state index contributed by atoms with van der Waals surface area (Å²) in [5.41, 5.74) is 13.1. The lowest BCUT2D eigenvalue weighted by molar-refractivity contribution is -0.140. The zero-order chi connectivity index (χ0) is 26.6. The fourth-order valence-electron chi connectivity index (χ4n) is 4.20. The van der Waals surface area contributed by atoms with Crippen molar-refractivity contribution in [1.29, 1.82) is 0 Å². The predicted molar refractivity (Wildman–Crippen MR) is 142 cm³/mol. The molecular weight excluding hydrogens is 472 g/mol. The van der Waals surface area contributed by atoms with Crippen molar-refractivity contribution in [2.75, 3.05) is 24.7 Å². The third-order valence-electron chi connectivity index (χ3n) is 6.17. The van der Waals surface area contributed by atoms with E-state index in [4.69, 9.17) is 25.7 Å². The molecule has 0 unspecified atom stereocenters. The SMILES string of the molecule is C=CCC1CCC(C(=O)Oc2ccc(C=CC(=O)OCCCOC(=O)c3cc(N)cc(N)c3)cc2)CC1. The highest BCUT2D eigenvalue weighted by molar-refractivity contribution is 5.91. The van der Waals surface area contributed by atoms with Gasteiger partial charge in [-0.1, -0.05) is 18.2 Å². The number of nitrogens with two attached hydrogens (primary N) is 2. The molecule has 0 heterocycles. The molecule has 0 spiro atoms. The van der Waals surface area contributed by atoms with E-state index in [1.54, 1.807) is 36.4 Å². The molecule has 0 saturated heterocycles. The van der Waals surface area contributed by atoms with Crippen LogP contribution in [0.1, 0.15) is 54.4 Å². The van der Waals surface area contributed by atoms with Crippen LogP contribution in [0.3, 0.4) is 0 Å². The fourth-order valence-corrected chi connectivity index (χ4v) is 4.20. The average molecular weight is 507 g/mol. The summed E-state index contributed by atoms with van der Waals surface area (Å²) in [7, 11) is 0. The van der Waals surface area contributed by atoms with Crippen LogP contribution in [0.4, 0.5) is 11.4 Å². The largest absolute Gasteiger partial charge is 0.462 e. The molecule has 0 bridgehead atoms. The molecule has 0 atom stereocenters. The molecule has 0 aliphatic heterocycles. The van der Waals surface area contributed by atoms with Crippen molar-refractivity contribution in [3.63, 3.8) is 0 Å². The van der Waals surface area contributed by atoms with Crippen LogP contribution in [-0.2, 0) is 19.1 Å². The number of benzene rings is 2. The van der Waals surface area contributed by atoms with E-state index in [1.807, 2.05) is 6.08 Å². The molecule has 8 heteroatoms. The normalized spacial score (nSPS) is 17.2. The summed E-state index contributed by atoms with van der Waals surface area (Å²) in [5, 5.41) is 0. The molecular formula is C29H34N2O6. The van der Waals surface area contributed by atoms with Gasteiger partial charge in [-0.2, -0.15) is 0 Å². The summed E-state index contributed by atoms with van der Waals surface area (Å²) in [6.07, 6.45) is 9.95. The van der Waals surface area contributed by atoms with Gasteiger partial charge in [0.1, 0.15) is 5.75 Å². The van der Waals surface area contributed by atoms with E-state index >= 15 is 0 Å². The van der Waals surface area contributed by atoms with Gasteiger partial charge in [0.15, 0.2) is 0 Å². The van der Waals surface area contributed by atoms with E-state index in [-0.39, 0.29) is 30.7 Å². The maximum absolute atomic E-state index is 12.5. The molecule has 2 aromatic carbocycles. The van der Waals surface area contributed by atoms with E-state index < -0.39 is 11.9 Å². The molecule has 1 saturated carbocycles. The molecule has 4 N–H and O–H groups in total. The molecule has 0 aromatic heterocycles. The van der Waals surface area contributed by atoms with Gasteiger partial charge in [0.2, 0.25) is 0 Å². The van der Waals surface area contributed by atoms with Crippen molar-refractivity contribution >= 4 is 35.4 Å². The van der Waals surface area contributed by atoms with Crippen molar-refractivity contribution < 1.29 is 28.6 Å². The van der Waals surface area contributed by atoms with Crippen LogP contribution in [0.15, 0.2) is 61.2 Å². The number of nitrogen functional groups attached to an aromatic ring is 2. The Hall–Kier alpha value is -4.07. The Bertz CT molecular complexity index is 1100. The average Bonchev–Trinajstić information content (AvgIpc) is 2.88. The second-order valence-corrected chi connectivity index (χ2v) is 9.11. The molecule has 8 nitrogen and oxygen atoms in total. The topological polar surface area (TPSA) is 131 Å². The van der Waals surface area contributed by atoms with Crippen molar-refractivity contribution in [3.8, 4) is 5.75 Å². The molecule has 2 aromatic rings. The Balaban J connectivity index is 1.33. The van der Waals surface area contributed by atoms with Gasteiger partial charge in [-0.3, -0.25) is 4.79 Å². The maximum Gasteiger partial charge on any atom is 0.338 e. The number of rotatable bonds is 11. The lowest BCUT2D eigenvalue weighted by atomic mass is 9.80. The summed E-state index contributed by atoms with van der Waals surface area (Å²) in [4.78, 5) is 36.4. The Morgan fingerprint density at radius 1 is 0.919 bits per heavy atom. The zero-order valence-corrected chi connectivity index (χ0v) is 20.9. The first-order chi connectivity index (χ1) is 17.8. The van der Waals surface area contributed by atoms with E-state index in [0.29, 0.717) is 29.5 Å². The van der Waals surface area contributed by atoms with E-state index in [2.05, 4.69) is 6.58 Å². The van der Waals surface area contributed by atoms with Gasteiger partial charge in [0, 0.05) is 23.9 Å². The first-order valence-electron chi connectivity index (χ1n) is 12.4. The Kier molecular flexibility index (Phi) is 10.3. The Labute approximate surface area is 217 Å². The van der Waals surface area contributed by atoms with Gasteiger partial charge in [-0.05, 0) is 80.0 Å². The molecule has 1 aliphatic carbocycles. The van der Waals surface area contributed by atoms with Crippen LogP contribution in [-0.4, -0.2) is 31.1 Å². The van der Waals surface area contributed by atoms with Crippen molar-refractivity contribution in [2.45, 2.75) is 38.5 Å². The van der Waals surface area contributed by atoms with Gasteiger partial charge in [-0.25, -0.2) is 9.59 Å². The minimum Gasteiger partial charge on any atom is -0.462 e. The van der Waals surface area contributed by atoms with Crippen LogP contribution in [0.25, 0.3) is 6.08 Å². The minimum absolute atomic E-state index is 0.0603. The maximum atomic E-state index is 12.5. The zero-order valence-electron chi connectivity index (χ0n) is 20.9. The standard InChI is InChI=1S/C29H34N2O6/c1-2-4-20-5-10-22(11-6-20)29(34)37-26-12-7-21(8-13-26)9-14-27(32)35-15-3-16-36-28(33)23-17-24(30)19-25(31)18-23/h2,7-9,12-14,17-20,22H,1,3-6,10-11,15-16,30-31H2. The molecule has 37 heavy (non-hydrogen) atoms. The van der Waals surface area contributed by atoms with Crippen LogP contribution in [0.5, 0.6) is 5.75 Å².